The molecule has 152 valence electrons. The minimum atomic E-state index is -0.377. The van der Waals surface area contributed by atoms with Crippen molar-refractivity contribution in [3.63, 3.8) is 0 Å². The molecule has 10 heteroatoms. The van der Waals surface area contributed by atoms with E-state index in [0.717, 1.165) is 6.42 Å². The van der Waals surface area contributed by atoms with Gasteiger partial charge in [0.05, 0.1) is 17.0 Å². The third kappa shape index (κ3) is 4.07. The molecule has 2 saturated heterocycles. The lowest BCUT2D eigenvalue weighted by molar-refractivity contribution is -0.384. The number of carbonyl (C=O) groups excluding carboxylic acids is 2. The number of hydrogen-bond donors (Lipinski definition) is 0. The van der Waals surface area contributed by atoms with Crippen LogP contribution in [0.3, 0.4) is 0 Å². The Morgan fingerprint density at radius 1 is 1.17 bits per heavy atom. The molecule has 0 bridgehead atoms. The van der Waals surface area contributed by atoms with Crippen LogP contribution < -0.4 is 9.80 Å². The van der Waals surface area contributed by atoms with E-state index in [-0.39, 0.29) is 28.8 Å². The highest BCUT2D eigenvalue weighted by molar-refractivity contribution is 7.14. The number of hydrogen-bond acceptors (Lipinski definition) is 7. The number of carbonyl (C=O) groups is 2. The fraction of sp³-hybridized carbons (Fsp3) is 0.421. The summed E-state index contributed by atoms with van der Waals surface area (Å²) >= 11 is 1.39. The van der Waals surface area contributed by atoms with Gasteiger partial charge in [-0.25, -0.2) is 4.98 Å². The van der Waals surface area contributed by atoms with Crippen molar-refractivity contribution in [1.29, 1.82) is 0 Å². The minimum absolute atomic E-state index is 0.0168. The van der Waals surface area contributed by atoms with Gasteiger partial charge in [-0.3, -0.25) is 24.6 Å². The Kier molecular flexibility index (Phi) is 5.43. The molecular weight excluding hydrogens is 394 g/mol. The molecule has 0 unspecified atom stereocenters. The summed E-state index contributed by atoms with van der Waals surface area (Å²) in [6.45, 7) is 2.79. The van der Waals surface area contributed by atoms with Crippen LogP contribution in [-0.4, -0.2) is 59.3 Å². The van der Waals surface area contributed by atoms with E-state index < -0.39 is 0 Å². The van der Waals surface area contributed by atoms with Crippen molar-refractivity contribution in [3.05, 3.63) is 45.5 Å². The third-order valence-electron chi connectivity index (χ3n) is 5.23. The van der Waals surface area contributed by atoms with Gasteiger partial charge < -0.3 is 9.80 Å². The second-order valence-electron chi connectivity index (χ2n) is 7.06. The lowest BCUT2D eigenvalue weighted by Crippen LogP contribution is -2.49. The average Bonchev–Trinajstić information content (AvgIpc) is 3.36. The Bertz CT molecular complexity index is 938. The van der Waals surface area contributed by atoms with E-state index in [1.807, 2.05) is 10.3 Å². The summed E-state index contributed by atoms with van der Waals surface area (Å²) in [4.78, 5) is 45.2. The Labute approximate surface area is 171 Å². The summed E-state index contributed by atoms with van der Waals surface area (Å²) in [6, 6.07) is 6.67. The van der Waals surface area contributed by atoms with Crippen molar-refractivity contribution in [2.45, 2.75) is 19.3 Å². The van der Waals surface area contributed by atoms with Crippen molar-refractivity contribution in [3.8, 4) is 0 Å². The molecule has 1 aromatic carbocycles. The van der Waals surface area contributed by atoms with Crippen LogP contribution in [-0.2, 0) is 16.0 Å². The van der Waals surface area contributed by atoms with Gasteiger partial charge in [-0.2, -0.15) is 0 Å². The highest BCUT2D eigenvalue weighted by atomic mass is 32.1. The van der Waals surface area contributed by atoms with Crippen molar-refractivity contribution in [2.24, 2.45) is 0 Å². The SMILES string of the molecule is O=C(Cc1csc(N2CCCC2=O)n1)N1CCN(c2ccccc2[N+](=O)[O-])CC1. The second-order valence-corrected chi connectivity index (χ2v) is 7.90. The van der Waals surface area contributed by atoms with Gasteiger partial charge in [-0.05, 0) is 12.5 Å². The molecule has 2 aliphatic heterocycles. The van der Waals surface area contributed by atoms with Gasteiger partial charge in [0.15, 0.2) is 5.13 Å². The standard InChI is InChI=1S/C19H21N5O4S/c25-17-6-3-7-23(17)19-20-14(13-29-19)12-18(26)22-10-8-21(9-11-22)15-4-1-2-5-16(15)24(27)28/h1-2,4-5,13H,3,6-12H2. The van der Waals surface area contributed by atoms with Crippen molar-refractivity contribution in [1.82, 2.24) is 9.88 Å². The summed E-state index contributed by atoms with van der Waals surface area (Å²) < 4.78 is 0. The molecule has 3 heterocycles. The van der Waals surface area contributed by atoms with Crippen LogP contribution in [0.4, 0.5) is 16.5 Å². The maximum absolute atomic E-state index is 12.7. The summed E-state index contributed by atoms with van der Waals surface area (Å²) in [5.74, 6) is 0.0696. The lowest BCUT2D eigenvalue weighted by Gasteiger charge is -2.35. The number of nitrogens with zero attached hydrogens (tertiary/aromatic N) is 5. The van der Waals surface area contributed by atoms with E-state index in [0.29, 0.717) is 55.7 Å². The van der Waals surface area contributed by atoms with Crippen LogP contribution in [0, 0.1) is 10.1 Å². The Balaban J connectivity index is 1.35. The second kappa shape index (κ2) is 8.16. The smallest absolute Gasteiger partial charge is 0.292 e. The van der Waals surface area contributed by atoms with Crippen LogP contribution in [0.2, 0.25) is 0 Å². The van der Waals surface area contributed by atoms with E-state index in [1.54, 1.807) is 28.0 Å². The largest absolute Gasteiger partial charge is 0.362 e. The maximum atomic E-state index is 12.7. The number of para-hydroxylation sites is 2. The average molecular weight is 415 g/mol. The molecule has 0 atom stereocenters. The predicted octanol–water partition coefficient (Wildman–Crippen LogP) is 2.07. The molecule has 9 nitrogen and oxygen atoms in total. The number of anilines is 2. The van der Waals surface area contributed by atoms with Crippen LogP contribution >= 0.6 is 11.3 Å². The Morgan fingerprint density at radius 3 is 2.62 bits per heavy atom. The first-order valence-corrected chi connectivity index (χ1v) is 10.4. The van der Waals surface area contributed by atoms with Gasteiger partial charge in [0.1, 0.15) is 5.69 Å². The van der Waals surface area contributed by atoms with Crippen molar-refractivity contribution >= 4 is 39.7 Å². The predicted molar refractivity (Wildman–Crippen MR) is 109 cm³/mol. The number of thiazole rings is 1. The molecule has 2 fully saturated rings. The van der Waals surface area contributed by atoms with Crippen molar-refractivity contribution in [2.75, 3.05) is 42.5 Å². The molecule has 0 N–H and O–H groups in total. The van der Waals surface area contributed by atoms with E-state index >= 15 is 0 Å². The molecule has 0 spiro atoms. The normalized spacial score (nSPS) is 17.1. The Morgan fingerprint density at radius 2 is 1.93 bits per heavy atom. The zero-order valence-corrected chi connectivity index (χ0v) is 16.6. The zero-order valence-electron chi connectivity index (χ0n) is 15.8. The lowest BCUT2D eigenvalue weighted by atomic mass is 10.2. The fourth-order valence-electron chi connectivity index (χ4n) is 3.70. The molecule has 2 amide bonds. The number of piperazine rings is 1. The third-order valence-corrected chi connectivity index (χ3v) is 6.14. The van der Waals surface area contributed by atoms with E-state index in [2.05, 4.69) is 4.98 Å². The molecule has 29 heavy (non-hydrogen) atoms. The summed E-state index contributed by atoms with van der Waals surface area (Å²) in [5.41, 5.74) is 1.35. The highest BCUT2D eigenvalue weighted by Crippen LogP contribution is 2.29. The molecule has 4 rings (SSSR count). The minimum Gasteiger partial charge on any atom is -0.362 e. The first-order chi connectivity index (χ1) is 14.0. The van der Waals surface area contributed by atoms with Gasteiger partial charge in [0.25, 0.3) is 5.69 Å². The number of rotatable bonds is 5. The van der Waals surface area contributed by atoms with E-state index in [1.165, 1.54) is 17.4 Å². The van der Waals surface area contributed by atoms with Gasteiger partial charge >= 0.3 is 0 Å². The topological polar surface area (TPSA) is 99.9 Å². The first-order valence-electron chi connectivity index (χ1n) is 9.54. The maximum Gasteiger partial charge on any atom is 0.292 e. The number of nitro groups is 1. The van der Waals surface area contributed by atoms with Crippen LogP contribution in [0.1, 0.15) is 18.5 Å². The monoisotopic (exact) mass is 415 g/mol. The quantitative estimate of drug-likeness (QED) is 0.547. The fourth-order valence-corrected chi connectivity index (χ4v) is 4.57. The number of benzene rings is 1. The summed E-state index contributed by atoms with van der Waals surface area (Å²) in [7, 11) is 0. The molecule has 0 saturated carbocycles. The Hall–Kier alpha value is -3.01. The van der Waals surface area contributed by atoms with Gasteiger partial charge in [-0.1, -0.05) is 12.1 Å². The molecule has 2 aliphatic rings. The van der Waals surface area contributed by atoms with Crippen LogP contribution in [0.15, 0.2) is 29.6 Å². The van der Waals surface area contributed by atoms with E-state index in [4.69, 9.17) is 0 Å². The van der Waals surface area contributed by atoms with E-state index in [9.17, 15) is 19.7 Å². The molecule has 2 aromatic rings. The van der Waals surface area contributed by atoms with Gasteiger partial charge in [-0.15, -0.1) is 11.3 Å². The summed E-state index contributed by atoms with van der Waals surface area (Å²) in [5, 5.41) is 13.7. The van der Waals surface area contributed by atoms with Crippen LogP contribution in [0.5, 0.6) is 0 Å². The molecule has 1 aromatic heterocycles. The molecular formula is C19H21N5O4S. The zero-order chi connectivity index (χ0) is 20.4. The van der Waals surface area contributed by atoms with Crippen molar-refractivity contribution < 1.29 is 14.5 Å². The number of amides is 2. The first kappa shape index (κ1) is 19.3. The number of aromatic nitrogens is 1. The molecule has 0 aliphatic carbocycles. The molecule has 0 radical (unpaired) electrons. The highest BCUT2D eigenvalue weighted by Gasteiger charge is 2.27. The number of nitro benzene ring substituents is 1. The van der Waals surface area contributed by atoms with Gasteiger partial charge in [0.2, 0.25) is 11.8 Å². The van der Waals surface area contributed by atoms with Gasteiger partial charge in [0, 0.05) is 50.6 Å². The summed E-state index contributed by atoms with van der Waals surface area (Å²) in [6.07, 6.45) is 1.60. The van der Waals surface area contributed by atoms with Crippen LogP contribution in [0.25, 0.3) is 0 Å².